The number of hydrogen-bond donors (Lipinski definition) is 9. The SMILES string of the molecule is CC/C=C\C/C=C\C/C=C\C/C=C\CCCCCCCCCCCCCCCCCCCCCCCCCCC(=O)NC(COC1OC(CO)C(OC2OC(CO)C(O)C(O)C2O)C(O)C1O)C(O)/C=C/CCCCCCCCCCCCCCCCCC. The summed E-state index contributed by atoms with van der Waals surface area (Å²) in [5, 5.41) is 87.4. The van der Waals surface area contributed by atoms with Crippen molar-refractivity contribution in [2.75, 3.05) is 19.8 Å². The number of allylic oxidation sites excluding steroid dienone is 9. The molecule has 2 aliphatic rings. The van der Waals surface area contributed by atoms with Crippen molar-refractivity contribution in [2.45, 2.75) is 389 Å². The summed E-state index contributed by atoms with van der Waals surface area (Å²) >= 11 is 0. The largest absolute Gasteiger partial charge is 0.394 e. The molecule has 9 N–H and O–H groups in total. The Hall–Kier alpha value is -2.31. The van der Waals surface area contributed by atoms with Crippen LogP contribution in [0, 0.1) is 0 Å². The van der Waals surface area contributed by atoms with Crippen LogP contribution < -0.4 is 5.32 Å². The van der Waals surface area contributed by atoms with Gasteiger partial charge >= 0.3 is 0 Å². The highest BCUT2D eigenvalue weighted by atomic mass is 16.7. The summed E-state index contributed by atoms with van der Waals surface area (Å²) < 4.78 is 22.9. The van der Waals surface area contributed by atoms with E-state index in [-0.39, 0.29) is 18.9 Å². The Kier molecular flexibility index (Phi) is 55.3. The zero-order valence-electron chi connectivity index (χ0n) is 56.7. The number of hydrogen-bond acceptors (Lipinski definition) is 13. The molecule has 2 heterocycles. The topological polar surface area (TPSA) is 228 Å². The number of aliphatic hydroxyl groups is 8. The predicted molar refractivity (Wildman–Crippen MR) is 364 cm³/mol. The average Bonchev–Trinajstić information content (AvgIpc) is 1.44. The van der Waals surface area contributed by atoms with Crippen LogP contribution in [0.4, 0.5) is 0 Å². The minimum Gasteiger partial charge on any atom is -0.394 e. The highest BCUT2D eigenvalue weighted by Crippen LogP contribution is 2.30. The molecule has 2 aliphatic heterocycles. The first kappa shape index (κ1) is 82.8. The highest BCUT2D eigenvalue weighted by molar-refractivity contribution is 5.76. The molecule has 0 bridgehead atoms. The molecule has 0 saturated carbocycles. The average molecular weight is 1260 g/mol. The lowest BCUT2D eigenvalue weighted by Gasteiger charge is -2.46. The molecule has 0 aromatic rings. The molecule has 12 atom stereocenters. The number of ether oxygens (including phenoxy) is 4. The van der Waals surface area contributed by atoms with Gasteiger partial charge in [0.1, 0.15) is 48.8 Å². The van der Waals surface area contributed by atoms with Gasteiger partial charge in [0.05, 0.1) is 32.0 Å². The normalized spacial score (nSPS) is 23.3. The standard InChI is InChI=1S/C75H137NO13/c1-3-5-7-9-11-13-15-17-19-21-23-24-25-26-27-28-29-30-31-32-33-34-35-36-37-38-39-40-41-43-45-47-49-51-53-55-57-59-67(80)76-63(64(79)58-56-54-52-50-48-46-44-42-22-20-18-16-14-12-10-8-6-4-2)62-86-74-72(85)70(83)73(66(61-78)88-74)89-75-71(84)69(82)68(81)65(60-77)87-75/h5,7,11,13,17,19,23-24,56,58,63-66,68-75,77-79,81-85H,3-4,6,8-10,12,14-16,18,20-22,25-55,57,59-62H2,1-2H3,(H,76,80)/b7-5-,13-11-,19-17-,24-23-,58-56+. The minimum absolute atomic E-state index is 0.234. The monoisotopic (exact) mass is 1260 g/mol. The lowest BCUT2D eigenvalue weighted by molar-refractivity contribution is -0.359. The molecule has 14 heteroatoms. The van der Waals surface area contributed by atoms with E-state index in [0.717, 1.165) is 64.2 Å². The van der Waals surface area contributed by atoms with Crippen LogP contribution in [-0.4, -0.2) is 140 Å². The summed E-state index contributed by atoms with van der Waals surface area (Å²) in [6, 6.07) is -0.914. The Balaban J connectivity index is 1.59. The van der Waals surface area contributed by atoms with Gasteiger partial charge in [0.25, 0.3) is 0 Å². The van der Waals surface area contributed by atoms with E-state index in [1.807, 2.05) is 6.08 Å². The van der Waals surface area contributed by atoms with Crippen LogP contribution in [0.25, 0.3) is 0 Å². The molecule has 2 saturated heterocycles. The molecule has 0 radical (unpaired) electrons. The van der Waals surface area contributed by atoms with Crippen molar-refractivity contribution in [1.29, 1.82) is 0 Å². The molecule has 0 aliphatic carbocycles. The van der Waals surface area contributed by atoms with Crippen LogP contribution in [0.3, 0.4) is 0 Å². The van der Waals surface area contributed by atoms with Gasteiger partial charge in [-0.2, -0.15) is 0 Å². The third-order valence-corrected chi connectivity index (χ3v) is 18.0. The van der Waals surface area contributed by atoms with Crippen molar-refractivity contribution < 1.29 is 64.6 Å². The van der Waals surface area contributed by atoms with Crippen LogP contribution in [0.1, 0.15) is 316 Å². The molecule has 1 amide bonds. The van der Waals surface area contributed by atoms with Gasteiger partial charge in [-0.25, -0.2) is 0 Å². The van der Waals surface area contributed by atoms with E-state index in [0.29, 0.717) is 6.42 Å². The number of amides is 1. The number of aliphatic hydroxyl groups excluding tert-OH is 8. The van der Waals surface area contributed by atoms with Gasteiger partial charge in [-0.3, -0.25) is 4.79 Å². The van der Waals surface area contributed by atoms with Crippen LogP contribution >= 0.6 is 0 Å². The summed E-state index contributed by atoms with van der Waals surface area (Å²) in [6.07, 6.45) is 62.9. The van der Waals surface area contributed by atoms with E-state index in [1.165, 1.54) is 225 Å². The van der Waals surface area contributed by atoms with Gasteiger partial charge in [0.2, 0.25) is 5.91 Å². The second-order valence-electron chi connectivity index (χ2n) is 26.0. The lowest BCUT2D eigenvalue weighted by Crippen LogP contribution is -2.65. The zero-order valence-corrected chi connectivity index (χ0v) is 56.7. The molecule has 12 unspecified atom stereocenters. The van der Waals surface area contributed by atoms with E-state index in [2.05, 4.69) is 67.8 Å². The molecule has 2 fully saturated rings. The summed E-state index contributed by atoms with van der Waals surface area (Å²) in [7, 11) is 0. The molecule has 0 spiro atoms. The Morgan fingerprint density at radius 2 is 0.775 bits per heavy atom. The van der Waals surface area contributed by atoms with E-state index in [9.17, 15) is 45.6 Å². The van der Waals surface area contributed by atoms with Crippen LogP contribution in [0.2, 0.25) is 0 Å². The first-order chi connectivity index (χ1) is 43.6. The maximum absolute atomic E-state index is 13.3. The molecule has 2 rings (SSSR count). The molecule has 14 nitrogen and oxygen atoms in total. The molecular formula is C75H137NO13. The van der Waals surface area contributed by atoms with Gasteiger partial charge in [-0.1, -0.05) is 312 Å². The first-order valence-corrected chi connectivity index (χ1v) is 37.0. The predicted octanol–water partition coefficient (Wildman–Crippen LogP) is 15.6. The van der Waals surface area contributed by atoms with Crippen molar-refractivity contribution in [3.8, 4) is 0 Å². The minimum atomic E-state index is -1.79. The summed E-state index contributed by atoms with van der Waals surface area (Å²) in [6.45, 7) is 2.72. The Bertz CT molecular complexity index is 1720. The molecule has 89 heavy (non-hydrogen) atoms. The number of nitrogens with one attached hydrogen (secondary N) is 1. The Labute approximate surface area is 543 Å². The third-order valence-electron chi connectivity index (χ3n) is 18.0. The maximum atomic E-state index is 13.3. The molecule has 520 valence electrons. The maximum Gasteiger partial charge on any atom is 0.220 e. The van der Waals surface area contributed by atoms with E-state index in [1.54, 1.807) is 6.08 Å². The highest BCUT2D eigenvalue weighted by Gasteiger charge is 2.51. The van der Waals surface area contributed by atoms with E-state index >= 15 is 0 Å². The third kappa shape index (κ3) is 43.3. The first-order valence-electron chi connectivity index (χ1n) is 37.0. The second-order valence-corrected chi connectivity index (χ2v) is 26.0. The van der Waals surface area contributed by atoms with Crippen LogP contribution in [-0.2, 0) is 23.7 Å². The summed E-state index contributed by atoms with van der Waals surface area (Å²) in [4.78, 5) is 13.3. The van der Waals surface area contributed by atoms with Gasteiger partial charge < -0.3 is 65.1 Å². The quantitative estimate of drug-likeness (QED) is 0.0204. The van der Waals surface area contributed by atoms with E-state index < -0.39 is 86.8 Å². The fourth-order valence-electron chi connectivity index (χ4n) is 12.1. The number of unbranched alkanes of at least 4 members (excludes halogenated alkanes) is 40. The Morgan fingerprint density at radius 1 is 0.416 bits per heavy atom. The molecular weight excluding hydrogens is 1120 g/mol. The van der Waals surface area contributed by atoms with Crippen molar-refractivity contribution in [3.05, 3.63) is 60.8 Å². The second kappa shape index (κ2) is 59.4. The van der Waals surface area contributed by atoms with Gasteiger partial charge in [-0.05, 0) is 57.8 Å². The van der Waals surface area contributed by atoms with Crippen LogP contribution in [0.5, 0.6) is 0 Å². The number of carbonyl (C=O) groups excluding carboxylic acids is 1. The van der Waals surface area contributed by atoms with E-state index in [4.69, 9.17) is 18.9 Å². The fourth-order valence-corrected chi connectivity index (χ4v) is 12.1. The smallest absolute Gasteiger partial charge is 0.220 e. The molecule has 0 aromatic carbocycles. The van der Waals surface area contributed by atoms with Crippen molar-refractivity contribution in [3.63, 3.8) is 0 Å². The number of rotatable bonds is 61. The fraction of sp³-hybridized carbons (Fsp3) is 0.853. The zero-order chi connectivity index (χ0) is 64.5. The van der Waals surface area contributed by atoms with Crippen molar-refractivity contribution >= 4 is 5.91 Å². The lowest BCUT2D eigenvalue weighted by atomic mass is 9.97. The van der Waals surface area contributed by atoms with Gasteiger partial charge in [0.15, 0.2) is 12.6 Å². The van der Waals surface area contributed by atoms with Gasteiger partial charge in [-0.15, -0.1) is 0 Å². The molecule has 0 aromatic heterocycles. The van der Waals surface area contributed by atoms with Gasteiger partial charge in [0, 0.05) is 6.42 Å². The number of carbonyl (C=O) groups is 1. The Morgan fingerprint density at radius 3 is 1.19 bits per heavy atom. The van der Waals surface area contributed by atoms with Crippen molar-refractivity contribution in [2.24, 2.45) is 0 Å². The van der Waals surface area contributed by atoms with Crippen molar-refractivity contribution in [1.82, 2.24) is 5.32 Å². The van der Waals surface area contributed by atoms with Crippen LogP contribution in [0.15, 0.2) is 60.8 Å². The summed E-state index contributed by atoms with van der Waals surface area (Å²) in [5.74, 6) is -0.234. The summed E-state index contributed by atoms with van der Waals surface area (Å²) in [5.41, 5.74) is 0.